The highest BCUT2D eigenvalue weighted by Gasteiger charge is 2.22. The van der Waals surface area contributed by atoms with Gasteiger partial charge in [0, 0.05) is 13.3 Å². The summed E-state index contributed by atoms with van der Waals surface area (Å²) in [5.41, 5.74) is 2.66. The average molecular weight is 561 g/mol. The number of ether oxygens (including phenoxy) is 2. The van der Waals surface area contributed by atoms with Crippen LogP contribution >= 0.6 is 14.6 Å². The molecule has 5 N–H and O–H groups in total. The molecule has 0 aliphatic rings. The van der Waals surface area contributed by atoms with Crippen LogP contribution in [0.4, 0.5) is 16.2 Å². The van der Waals surface area contributed by atoms with Gasteiger partial charge in [-0.2, -0.15) is 0 Å². The number of anilines is 2. The molecule has 12 heteroatoms. The molecular weight excluding hydrogens is 526 g/mol. The molecule has 0 saturated carbocycles. The minimum atomic E-state index is -3.09. The fraction of sp³-hybridized carbons (Fsp3) is 0.269. The van der Waals surface area contributed by atoms with Crippen molar-refractivity contribution >= 4 is 32.1 Å². The lowest BCUT2D eigenvalue weighted by atomic mass is 10.2. The molecule has 3 unspecified atom stereocenters. The van der Waals surface area contributed by atoms with Gasteiger partial charge in [0.15, 0.2) is 14.6 Å². The summed E-state index contributed by atoms with van der Waals surface area (Å²) in [6.45, 7) is 3.32. The first-order valence-corrected chi connectivity index (χ1v) is 16.6. The molecule has 3 aromatic carbocycles. The number of para-hydroxylation sites is 2. The highest BCUT2D eigenvalue weighted by atomic mass is 31.2. The normalized spacial score (nSPS) is 14.9. The van der Waals surface area contributed by atoms with Gasteiger partial charge < -0.3 is 30.1 Å². The third-order valence-corrected chi connectivity index (χ3v) is 8.17. The minimum absolute atomic E-state index is 0.0596. The monoisotopic (exact) mass is 560 g/mol. The van der Waals surface area contributed by atoms with Crippen molar-refractivity contribution in [2.24, 2.45) is 0 Å². The Labute approximate surface area is 223 Å². The van der Waals surface area contributed by atoms with Gasteiger partial charge in [-0.3, -0.25) is 14.4 Å². The molecule has 10 nitrogen and oxygen atoms in total. The van der Waals surface area contributed by atoms with Crippen LogP contribution in [-0.4, -0.2) is 43.5 Å². The van der Waals surface area contributed by atoms with Gasteiger partial charge in [-0.1, -0.05) is 72.8 Å². The Balaban J connectivity index is 1.48. The molecule has 0 spiro atoms. The van der Waals surface area contributed by atoms with Crippen molar-refractivity contribution in [2.75, 3.05) is 36.1 Å². The number of alkyl carbamates (subject to hydrolysis) is 1. The minimum Gasteiger partial charge on any atom is -0.445 e. The fourth-order valence-corrected chi connectivity index (χ4v) is 5.82. The van der Waals surface area contributed by atoms with E-state index in [-0.39, 0.29) is 25.8 Å². The van der Waals surface area contributed by atoms with Gasteiger partial charge in [0.2, 0.25) is 6.41 Å². The van der Waals surface area contributed by atoms with Crippen LogP contribution in [0.25, 0.3) is 0 Å². The lowest BCUT2D eigenvalue weighted by Gasteiger charge is -2.23. The van der Waals surface area contributed by atoms with Crippen LogP contribution in [-0.2, 0) is 31.8 Å². The molecule has 3 aromatic rings. The SMILES string of the molecule is CP(=O)(CNC(=O)OCc1ccccc1)Nc1ccccc1NP(C)(=O)CNC(O)OCc1ccccc1. The van der Waals surface area contributed by atoms with Gasteiger partial charge in [-0.25, -0.2) is 4.79 Å². The Bertz CT molecular complexity index is 1260. The molecule has 0 fully saturated rings. The van der Waals surface area contributed by atoms with Crippen molar-refractivity contribution in [3.05, 3.63) is 96.1 Å². The predicted molar refractivity (Wildman–Crippen MR) is 151 cm³/mol. The van der Waals surface area contributed by atoms with Crippen LogP contribution in [0.1, 0.15) is 11.1 Å². The van der Waals surface area contributed by atoms with Gasteiger partial charge in [0.25, 0.3) is 0 Å². The molecule has 0 bridgehead atoms. The Morgan fingerprint density at radius 2 is 1.24 bits per heavy atom. The Kier molecular flexibility index (Phi) is 11.0. The highest BCUT2D eigenvalue weighted by molar-refractivity contribution is 7.65. The number of benzene rings is 3. The molecule has 1 amide bonds. The first kappa shape index (κ1) is 29.4. The van der Waals surface area contributed by atoms with Gasteiger partial charge in [0.05, 0.1) is 30.6 Å². The zero-order valence-electron chi connectivity index (χ0n) is 21.4. The topological polar surface area (TPSA) is 138 Å². The Morgan fingerprint density at radius 1 is 0.763 bits per heavy atom. The van der Waals surface area contributed by atoms with Crippen molar-refractivity contribution in [1.29, 1.82) is 0 Å². The summed E-state index contributed by atoms with van der Waals surface area (Å²) in [4.78, 5) is 12.1. The number of nitrogens with one attached hydrogen (secondary N) is 4. The summed E-state index contributed by atoms with van der Waals surface area (Å²) in [6, 6.07) is 25.5. The molecule has 0 aliphatic heterocycles. The van der Waals surface area contributed by atoms with E-state index in [2.05, 4.69) is 20.8 Å². The van der Waals surface area contributed by atoms with Gasteiger partial charge >= 0.3 is 6.09 Å². The molecule has 0 saturated heterocycles. The number of carbonyl (C=O) groups is 1. The van der Waals surface area contributed by atoms with Crippen molar-refractivity contribution in [1.82, 2.24) is 10.6 Å². The lowest BCUT2D eigenvalue weighted by Crippen LogP contribution is -2.32. The molecule has 204 valence electrons. The van der Waals surface area contributed by atoms with Crippen molar-refractivity contribution in [3.63, 3.8) is 0 Å². The highest BCUT2D eigenvalue weighted by Crippen LogP contribution is 2.46. The maximum Gasteiger partial charge on any atom is 0.407 e. The zero-order chi connectivity index (χ0) is 27.4. The molecule has 0 heterocycles. The molecular formula is C26H34N4O6P2. The van der Waals surface area contributed by atoms with E-state index in [0.29, 0.717) is 11.4 Å². The van der Waals surface area contributed by atoms with E-state index in [0.717, 1.165) is 11.1 Å². The van der Waals surface area contributed by atoms with Crippen molar-refractivity contribution < 1.29 is 28.5 Å². The van der Waals surface area contributed by atoms with E-state index < -0.39 is 27.1 Å². The van der Waals surface area contributed by atoms with E-state index in [1.165, 1.54) is 13.3 Å². The van der Waals surface area contributed by atoms with Crippen LogP contribution in [0.15, 0.2) is 84.9 Å². The van der Waals surface area contributed by atoms with Crippen molar-refractivity contribution in [3.8, 4) is 0 Å². The lowest BCUT2D eigenvalue weighted by molar-refractivity contribution is -0.125. The number of amides is 1. The number of carbonyl (C=O) groups excluding carboxylic acids is 1. The van der Waals surface area contributed by atoms with E-state index >= 15 is 0 Å². The van der Waals surface area contributed by atoms with Crippen molar-refractivity contribution in [2.45, 2.75) is 19.6 Å². The number of aliphatic hydroxyl groups excluding tert-OH is 1. The Morgan fingerprint density at radius 3 is 1.79 bits per heavy atom. The smallest absolute Gasteiger partial charge is 0.407 e. The molecule has 0 aromatic heterocycles. The number of aliphatic hydroxyl groups is 1. The van der Waals surface area contributed by atoms with E-state index in [1.807, 2.05) is 60.7 Å². The summed E-state index contributed by atoms with van der Waals surface area (Å²) in [5.74, 6) is 0. The fourth-order valence-electron chi connectivity index (χ4n) is 3.32. The summed E-state index contributed by atoms with van der Waals surface area (Å²) < 4.78 is 36.8. The Hall–Kier alpha value is -3.13. The summed E-state index contributed by atoms with van der Waals surface area (Å²) in [6.07, 6.45) is -2.19. The maximum atomic E-state index is 13.2. The first-order chi connectivity index (χ1) is 18.1. The van der Waals surface area contributed by atoms with Crippen LogP contribution in [0.3, 0.4) is 0 Å². The van der Waals surface area contributed by atoms with E-state index in [4.69, 9.17) is 9.47 Å². The van der Waals surface area contributed by atoms with Gasteiger partial charge in [-0.15, -0.1) is 0 Å². The third-order valence-electron chi connectivity index (χ3n) is 5.20. The first-order valence-electron chi connectivity index (χ1n) is 11.9. The van der Waals surface area contributed by atoms with E-state index in [1.54, 1.807) is 24.3 Å². The van der Waals surface area contributed by atoms with Crippen LogP contribution in [0.5, 0.6) is 0 Å². The van der Waals surface area contributed by atoms with Crippen LogP contribution < -0.4 is 20.8 Å². The van der Waals surface area contributed by atoms with Gasteiger partial charge in [0.1, 0.15) is 6.61 Å². The van der Waals surface area contributed by atoms with Gasteiger partial charge in [-0.05, 0) is 23.3 Å². The molecule has 3 rings (SSSR count). The standard InChI is InChI=1S/C26H34N4O6P2/c1-37(33,19-27-25(31)35-17-21-11-5-3-6-12-21)29-23-15-9-10-16-24(23)30-38(2,34)20-28-26(32)36-18-22-13-7-4-8-14-22/h3-16,25,27,31H,17-20H2,1-2H3,(H,28,32)(H,29,33)(H,30,34). The third kappa shape index (κ3) is 10.7. The zero-order valence-corrected chi connectivity index (χ0v) is 23.2. The molecule has 0 aliphatic carbocycles. The van der Waals surface area contributed by atoms with Crippen LogP contribution in [0.2, 0.25) is 0 Å². The number of hydrogen-bond acceptors (Lipinski definition) is 7. The summed E-state index contributed by atoms with van der Waals surface area (Å²) in [7, 11) is -6.14. The van der Waals surface area contributed by atoms with Crippen LogP contribution in [0, 0.1) is 0 Å². The van der Waals surface area contributed by atoms with E-state index in [9.17, 15) is 19.0 Å². The number of rotatable bonds is 14. The second kappa shape index (κ2) is 14.1. The molecule has 38 heavy (non-hydrogen) atoms. The summed E-state index contributed by atoms with van der Waals surface area (Å²) in [5, 5.41) is 21.2. The average Bonchev–Trinajstić information content (AvgIpc) is 2.90. The number of hydrogen-bond donors (Lipinski definition) is 5. The maximum absolute atomic E-state index is 13.2. The predicted octanol–water partition coefficient (Wildman–Crippen LogP) is 5.25. The summed E-state index contributed by atoms with van der Waals surface area (Å²) >= 11 is 0. The second-order valence-electron chi connectivity index (χ2n) is 8.88. The quantitative estimate of drug-likeness (QED) is 0.132. The molecule has 3 atom stereocenters. The second-order valence-corrected chi connectivity index (χ2v) is 14.4. The largest absolute Gasteiger partial charge is 0.445 e. The molecule has 0 radical (unpaired) electrons.